The van der Waals surface area contributed by atoms with Crippen LogP contribution in [0.3, 0.4) is 0 Å². The number of aryl methyl sites for hydroxylation is 1. The van der Waals surface area contributed by atoms with Gasteiger partial charge >= 0.3 is 0 Å². The van der Waals surface area contributed by atoms with E-state index in [2.05, 4.69) is 10.2 Å². The highest BCUT2D eigenvalue weighted by atomic mass is 35.5. The van der Waals surface area contributed by atoms with E-state index >= 15 is 0 Å². The number of morpholine rings is 1. The van der Waals surface area contributed by atoms with Crippen molar-refractivity contribution in [3.8, 4) is 5.69 Å². The van der Waals surface area contributed by atoms with Crippen LogP contribution in [0.5, 0.6) is 0 Å². The van der Waals surface area contributed by atoms with Gasteiger partial charge in [0.1, 0.15) is 0 Å². The number of halogens is 2. The zero-order chi connectivity index (χ0) is 22.8. The number of hydrogen-bond donors (Lipinski definition) is 1. The highest BCUT2D eigenvalue weighted by Crippen LogP contribution is 2.31. The van der Waals surface area contributed by atoms with Gasteiger partial charge in [-0.05, 0) is 62.4 Å². The van der Waals surface area contributed by atoms with Crippen LogP contribution in [0.25, 0.3) is 5.69 Å². The number of amides is 1. The molecule has 2 aromatic carbocycles. The smallest absolute Gasteiger partial charge is 0.296 e. The van der Waals surface area contributed by atoms with Crippen LogP contribution in [-0.2, 0) is 9.53 Å². The first kappa shape index (κ1) is 22.4. The molecule has 0 aliphatic carbocycles. The minimum atomic E-state index is -0.701. The molecule has 1 amide bonds. The number of anilines is 2. The molecule has 0 unspecified atom stereocenters. The largest absolute Gasteiger partial charge is 0.378 e. The Bertz CT molecular complexity index is 1170. The van der Waals surface area contributed by atoms with E-state index in [1.54, 1.807) is 30.3 Å². The third kappa shape index (κ3) is 4.53. The topological polar surface area (TPSA) is 63.6 Å². The van der Waals surface area contributed by atoms with Crippen LogP contribution in [0.2, 0.25) is 10.0 Å². The lowest BCUT2D eigenvalue weighted by atomic mass is 10.1. The van der Waals surface area contributed by atoms with Crippen molar-refractivity contribution in [1.29, 1.82) is 0 Å². The van der Waals surface area contributed by atoms with Gasteiger partial charge in [-0.2, -0.15) is 0 Å². The molecular formula is C24H23Cl2N3O3. The summed E-state index contributed by atoms with van der Waals surface area (Å²) in [5, 5.41) is 3.80. The molecule has 6 nitrogen and oxygen atoms in total. The third-order valence-corrected chi connectivity index (χ3v) is 6.08. The first-order valence-corrected chi connectivity index (χ1v) is 11.0. The summed E-state index contributed by atoms with van der Waals surface area (Å²) >= 11 is 12.5. The fraction of sp³-hybridized carbons (Fsp3) is 0.250. The molecule has 0 bridgehead atoms. The number of Topliss-reactive ketones (excluding diaryl/α,β-unsaturated/α-hetero) is 1. The lowest BCUT2D eigenvalue weighted by Crippen LogP contribution is -2.36. The zero-order valence-electron chi connectivity index (χ0n) is 17.8. The molecule has 1 aliphatic rings. The Kier molecular flexibility index (Phi) is 6.55. The van der Waals surface area contributed by atoms with Crippen LogP contribution in [-0.4, -0.2) is 42.6 Å². The molecule has 1 aromatic heterocycles. The number of ketones is 1. The van der Waals surface area contributed by atoms with E-state index in [0.29, 0.717) is 40.2 Å². The van der Waals surface area contributed by atoms with E-state index < -0.39 is 11.7 Å². The van der Waals surface area contributed by atoms with Crippen molar-refractivity contribution in [2.75, 3.05) is 36.5 Å². The van der Waals surface area contributed by atoms with Crippen molar-refractivity contribution in [2.45, 2.75) is 13.8 Å². The van der Waals surface area contributed by atoms with Crippen molar-refractivity contribution < 1.29 is 14.3 Å². The number of ether oxygens (including phenoxy) is 1. The van der Waals surface area contributed by atoms with Crippen LogP contribution in [0, 0.1) is 13.8 Å². The molecule has 4 rings (SSSR count). The standard InChI is InChI=1S/C24H23Cl2N3O3/c1-15-13-20(23(30)24(31)27-18-5-3-17(25)4-6-18)16(2)29(15)19-7-8-22(21(26)14-19)28-9-11-32-12-10-28/h3-8,13-14H,9-12H2,1-2H3,(H,27,31). The lowest BCUT2D eigenvalue weighted by molar-refractivity contribution is -0.112. The van der Waals surface area contributed by atoms with Crippen molar-refractivity contribution in [3.05, 3.63) is 75.5 Å². The molecule has 8 heteroatoms. The Labute approximate surface area is 196 Å². The quantitative estimate of drug-likeness (QED) is 0.417. The van der Waals surface area contributed by atoms with Crippen molar-refractivity contribution in [1.82, 2.24) is 4.57 Å². The molecule has 0 spiro atoms. The van der Waals surface area contributed by atoms with Gasteiger partial charge in [0.05, 0.1) is 23.9 Å². The van der Waals surface area contributed by atoms with E-state index in [0.717, 1.165) is 30.2 Å². The maximum atomic E-state index is 12.9. The van der Waals surface area contributed by atoms with Gasteiger partial charge in [0.25, 0.3) is 11.7 Å². The fourth-order valence-corrected chi connectivity index (χ4v) is 4.35. The fourth-order valence-electron chi connectivity index (χ4n) is 3.93. The van der Waals surface area contributed by atoms with E-state index in [1.807, 2.05) is 36.6 Å². The number of nitrogens with zero attached hydrogens (tertiary/aromatic N) is 2. The van der Waals surface area contributed by atoms with Crippen LogP contribution in [0.4, 0.5) is 11.4 Å². The summed E-state index contributed by atoms with van der Waals surface area (Å²) in [6.07, 6.45) is 0. The van der Waals surface area contributed by atoms with E-state index in [9.17, 15) is 9.59 Å². The summed E-state index contributed by atoms with van der Waals surface area (Å²) in [6.45, 7) is 6.66. The molecule has 1 fully saturated rings. The molecule has 1 saturated heterocycles. The van der Waals surface area contributed by atoms with Crippen LogP contribution in [0.1, 0.15) is 21.7 Å². The molecule has 0 saturated carbocycles. The summed E-state index contributed by atoms with van der Waals surface area (Å²) in [6, 6.07) is 14.2. The van der Waals surface area contributed by atoms with Gasteiger partial charge in [-0.15, -0.1) is 0 Å². The monoisotopic (exact) mass is 471 g/mol. The first-order valence-electron chi connectivity index (χ1n) is 10.3. The number of benzene rings is 2. The lowest BCUT2D eigenvalue weighted by Gasteiger charge is -2.29. The predicted octanol–water partition coefficient (Wildman–Crippen LogP) is 5.06. The number of hydrogen-bond acceptors (Lipinski definition) is 4. The van der Waals surface area contributed by atoms with Crippen LogP contribution in [0.15, 0.2) is 48.5 Å². The summed E-state index contributed by atoms with van der Waals surface area (Å²) in [5.41, 5.74) is 4.16. The van der Waals surface area contributed by atoms with E-state index in [-0.39, 0.29) is 0 Å². The van der Waals surface area contributed by atoms with Gasteiger partial charge < -0.3 is 19.5 Å². The summed E-state index contributed by atoms with van der Waals surface area (Å²) < 4.78 is 7.34. The minimum absolute atomic E-state index is 0.349. The highest BCUT2D eigenvalue weighted by Gasteiger charge is 2.23. The van der Waals surface area contributed by atoms with Gasteiger partial charge in [0.2, 0.25) is 0 Å². The molecule has 166 valence electrons. The normalized spacial score (nSPS) is 13.8. The number of carbonyl (C=O) groups excluding carboxylic acids is 2. The summed E-state index contributed by atoms with van der Waals surface area (Å²) in [7, 11) is 0. The maximum absolute atomic E-state index is 12.9. The Morgan fingerprint density at radius 3 is 2.31 bits per heavy atom. The minimum Gasteiger partial charge on any atom is -0.378 e. The van der Waals surface area contributed by atoms with Gasteiger partial charge in [0, 0.05) is 46.4 Å². The Morgan fingerprint density at radius 2 is 1.66 bits per heavy atom. The second-order valence-electron chi connectivity index (χ2n) is 7.65. The molecule has 32 heavy (non-hydrogen) atoms. The predicted molar refractivity (Wildman–Crippen MR) is 128 cm³/mol. The molecule has 1 N–H and O–H groups in total. The van der Waals surface area contributed by atoms with Gasteiger partial charge in [-0.1, -0.05) is 23.2 Å². The molecule has 3 aromatic rings. The first-order chi connectivity index (χ1) is 15.3. The molecule has 0 atom stereocenters. The third-order valence-electron chi connectivity index (χ3n) is 5.53. The SMILES string of the molecule is Cc1cc(C(=O)C(=O)Nc2ccc(Cl)cc2)c(C)n1-c1ccc(N2CCOCC2)c(Cl)c1. The highest BCUT2D eigenvalue weighted by molar-refractivity contribution is 6.46. The number of aromatic nitrogens is 1. The molecule has 2 heterocycles. The van der Waals surface area contributed by atoms with E-state index in [4.69, 9.17) is 27.9 Å². The van der Waals surface area contributed by atoms with E-state index in [1.165, 1.54) is 0 Å². The Morgan fingerprint density at radius 1 is 0.969 bits per heavy atom. The molecular weight excluding hydrogens is 449 g/mol. The number of carbonyl (C=O) groups is 2. The second-order valence-corrected chi connectivity index (χ2v) is 8.49. The summed E-state index contributed by atoms with van der Waals surface area (Å²) in [5.74, 6) is -1.30. The van der Waals surface area contributed by atoms with Crippen molar-refractivity contribution >= 4 is 46.3 Å². The number of rotatable bonds is 5. The van der Waals surface area contributed by atoms with Gasteiger partial charge in [-0.25, -0.2) is 0 Å². The second kappa shape index (κ2) is 9.36. The molecule has 1 aliphatic heterocycles. The maximum Gasteiger partial charge on any atom is 0.296 e. The van der Waals surface area contributed by atoms with Gasteiger partial charge in [0.15, 0.2) is 0 Å². The Hall–Kier alpha value is -2.80. The summed E-state index contributed by atoms with van der Waals surface area (Å²) in [4.78, 5) is 27.6. The Balaban J connectivity index is 1.58. The molecule has 0 radical (unpaired) electrons. The van der Waals surface area contributed by atoms with Crippen molar-refractivity contribution in [2.24, 2.45) is 0 Å². The average molecular weight is 472 g/mol. The number of nitrogens with one attached hydrogen (secondary N) is 1. The van der Waals surface area contributed by atoms with Crippen LogP contribution < -0.4 is 10.2 Å². The van der Waals surface area contributed by atoms with Gasteiger partial charge in [-0.3, -0.25) is 9.59 Å². The van der Waals surface area contributed by atoms with Crippen molar-refractivity contribution in [3.63, 3.8) is 0 Å². The zero-order valence-corrected chi connectivity index (χ0v) is 19.3. The van der Waals surface area contributed by atoms with Crippen LogP contribution >= 0.6 is 23.2 Å². The average Bonchev–Trinajstić information content (AvgIpc) is 3.09.